The first-order chi connectivity index (χ1) is 6.66. The van der Waals surface area contributed by atoms with Crippen molar-refractivity contribution in [3.63, 3.8) is 0 Å². The highest BCUT2D eigenvalue weighted by Crippen LogP contribution is 2.20. The van der Waals surface area contributed by atoms with E-state index in [2.05, 4.69) is 11.8 Å². The van der Waals surface area contributed by atoms with Gasteiger partial charge in [-0.25, -0.2) is 4.39 Å². The largest absolute Gasteiger partial charge is 0.505 e. The average molecular weight is 196 g/mol. The Hall–Kier alpha value is -1.89. The number of rotatable bonds is 1. The molecule has 4 heteroatoms. The third-order valence-corrected chi connectivity index (χ3v) is 1.47. The molecule has 1 rings (SSSR count). The van der Waals surface area contributed by atoms with Crippen LogP contribution in [0.2, 0.25) is 0 Å². The summed E-state index contributed by atoms with van der Waals surface area (Å²) in [5.74, 6) is 1.31. The SMILES string of the molecule is O=CCC#Cc1ccc(O)c(F)c1F. The van der Waals surface area contributed by atoms with Crippen molar-refractivity contribution in [2.75, 3.05) is 0 Å². The van der Waals surface area contributed by atoms with E-state index in [1.807, 2.05) is 0 Å². The molecule has 0 unspecified atom stereocenters. The first-order valence-corrected chi connectivity index (χ1v) is 3.76. The summed E-state index contributed by atoms with van der Waals surface area (Å²) in [4.78, 5) is 9.89. The van der Waals surface area contributed by atoms with Crippen LogP contribution < -0.4 is 0 Å². The Morgan fingerprint density at radius 1 is 1.36 bits per heavy atom. The zero-order valence-corrected chi connectivity index (χ0v) is 7.05. The molecule has 0 aromatic heterocycles. The second-order valence-corrected chi connectivity index (χ2v) is 2.43. The maximum absolute atomic E-state index is 13.0. The van der Waals surface area contributed by atoms with Crippen molar-refractivity contribution in [1.29, 1.82) is 0 Å². The van der Waals surface area contributed by atoms with Gasteiger partial charge in [-0.15, -0.1) is 0 Å². The Morgan fingerprint density at radius 3 is 2.71 bits per heavy atom. The van der Waals surface area contributed by atoms with Gasteiger partial charge in [0.2, 0.25) is 5.82 Å². The average Bonchev–Trinajstić information content (AvgIpc) is 2.18. The molecule has 14 heavy (non-hydrogen) atoms. The van der Waals surface area contributed by atoms with Gasteiger partial charge in [0, 0.05) is 0 Å². The van der Waals surface area contributed by atoms with E-state index in [1.54, 1.807) is 0 Å². The number of aldehydes is 1. The molecule has 2 nitrogen and oxygen atoms in total. The smallest absolute Gasteiger partial charge is 0.201 e. The minimum atomic E-state index is -1.33. The van der Waals surface area contributed by atoms with Crippen LogP contribution in [0, 0.1) is 23.5 Å². The molecule has 0 spiro atoms. The second kappa shape index (κ2) is 4.38. The van der Waals surface area contributed by atoms with Gasteiger partial charge in [0.15, 0.2) is 11.6 Å². The van der Waals surface area contributed by atoms with E-state index in [1.165, 1.54) is 0 Å². The lowest BCUT2D eigenvalue weighted by molar-refractivity contribution is -0.107. The topological polar surface area (TPSA) is 37.3 Å². The van der Waals surface area contributed by atoms with Gasteiger partial charge in [-0.2, -0.15) is 4.39 Å². The molecule has 0 saturated carbocycles. The Morgan fingerprint density at radius 2 is 2.07 bits per heavy atom. The molecule has 0 atom stereocenters. The molecule has 1 N–H and O–H groups in total. The van der Waals surface area contributed by atoms with Crippen LogP contribution in [0.5, 0.6) is 5.75 Å². The van der Waals surface area contributed by atoms with Crippen molar-refractivity contribution in [2.45, 2.75) is 6.42 Å². The van der Waals surface area contributed by atoms with Gasteiger partial charge in [0.25, 0.3) is 0 Å². The lowest BCUT2D eigenvalue weighted by Crippen LogP contribution is -1.89. The van der Waals surface area contributed by atoms with Crippen LogP contribution in [0.3, 0.4) is 0 Å². The molecule has 0 radical (unpaired) electrons. The van der Waals surface area contributed by atoms with Crippen molar-refractivity contribution in [3.8, 4) is 17.6 Å². The summed E-state index contributed by atoms with van der Waals surface area (Å²) < 4.78 is 25.7. The van der Waals surface area contributed by atoms with E-state index in [9.17, 15) is 13.6 Å². The maximum Gasteiger partial charge on any atom is 0.201 e. The summed E-state index contributed by atoms with van der Waals surface area (Å²) in [5.41, 5.74) is -0.179. The standard InChI is InChI=1S/C10H6F2O2/c11-9-7(3-1-2-6-13)4-5-8(14)10(9)12/h4-6,14H,2H2. The molecule has 1 aromatic rings. The molecule has 0 fully saturated rings. The van der Waals surface area contributed by atoms with Crippen LogP contribution in [-0.2, 0) is 4.79 Å². The fourth-order valence-electron chi connectivity index (χ4n) is 0.824. The van der Waals surface area contributed by atoms with Crippen LogP contribution in [0.4, 0.5) is 8.78 Å². The molecule has 72 valence electrons. The molecule has 0 aliphatic heterocycles. The first-order valence-electron chi connectivity index (χ1n) is 3.76. The summed E-state index contributed by atoms with van der Waals surface area (Å²) in [6.45, 7) is 0. The minimum absolute atomic E-state index is 0.0397. The quantitative estimate of drug-likeness (QED) is 0.547. The highest BCUT2D eigenvalue weighted by Gasteiger charge is 2.10. The summed E-state index contributed by atoms with van der Waals surface area (Å²) >= 11 is 0. The number of benzene rings is 1. The Balaban J connectivity index is 3.07. The summed E-state index contributed by atoms with van der Waals surface area (Å²) in [7, 11) is 0. The van der Waals surface area contributed by atoms with Gasteiger partial charge in [0.1, 0.15) is 6.29 Å². The highest BCUT2D eigenvalue weighted by atomic mass is 19.2. The molecular formula is C10H6F2O2. The van der Waals surface area contributed by atoms with Crippen LogP contribution in [0.1, 0.15) is 12.0 Å². The van der Waals surface area contributed by atoms with Gasteiger partial charge < -0.3 is 9.90 Å². The van der Waals surface area contributed by atoms with Crippen molar-refractivity contribution < 1.29 is 18.7 Å². The number of carbonyl (C=O) groups excluding carboxylic acids is 1. The first kappa shape index (κ1) is 10.2. The van der Waals surface area contributed by atoms with Gasteiger partial charge in [-0.05, 0) is 12.1 Å². The van der Waals surface area contributed by atoms with E-state index in [0.717, 1.165) is 12.1 Å². The number of hydrogen-bond donors (Lipinski definition) is 1. The number of hydrogen-bond acceptors (Lipinski definition) is 2. The third kappa shape index (κ3) is 2.07. The predicted molar refractivity (Wildman–Crippen MR) is 45.6 cm³/mol. The molecule has 0 saturated heterocycles. The molecule has 0 amide bonds. The van der Waals surface area contributed by atoms with E-state index in [0.29, 0.717) is 6.29 Å². The molecule has 0 aliphatic carbocycles. The lowest BCUT2D eigenvalue weighted by Gasteiger charge is -1.97. The molecular weight excluding hydrogens is 190 g/mol. The third-order valence-electron chi connectivity index (χ3n) is 1.47. The normalized spacial score (nSPS) is 9.00. The molecule has 0 aliphatic rings. The monoisotopic (exact) mass is 196 g/mol. The fourth-order valence-corrected chi connectivity index (χ4v) is 0.824. The van der Waals surface area contributed by atoms with Gasteiger partial charge in [-0.3, -0.25) is 0 Å². The van der Waals surface area contributed by atoms with Crippen LogP contribution in [0.25, 0.3) is 0 Å². The molecule has 1 aromatic carbocycles. The summed E-state index contributed by atoms with van der Waals surface area (Å²) in [5, 5.41) is 8.78. The Bertz CT molecular complexity index is 416. The van der Waals surface area contributed by atoms with Crippen molar-refractivity contribution in [2.24, 2.45) is 0 Å². The Kier molecular flexibility index (Phi) is 3.19. The highest BCUT2D eigenvalue weighted by molar-refractivity contribution is 5.55. The Labute approximate surface area is 79.2 Å². The van der Waals surface area contributed by atoms with Gasteiger partial charge >= 0.3 is 0 Å². The zero-order valence-electron chi connectivity index (χ0n) is 7.05. The minimum Gasteiger partial charge on any atom is -0.505 e. The number of halogens is 2. The number of phenols is 1. The molecule has 0 bridgehead atoms. The second-order valence-electron chi connectivity index (χ2n) is 2.43. The van der Waals surface area contributed by atoms with Crippen LogP contribution >= 0.6 is 0 Å². The number of carbonyl (C=O) groups is 1. The van der Waals surface area contributed by atoms with Gasteiger partial charge in [0.05, 0.1) is 12.0 Å². The van der Waals surface area contributed by atoms with Gasteiger partial charge in [-0.1, -0.05) is 11.8 Å². The van der Waals surface area contributed by atoms with Crippen molar-refractivity contribution >= 4 is 6.29 Å². The van der Waals surface area contributed by atoms with E-state index in [4.69, 9.17) is 5.11 Å². The van der Waals surface area contributed by atoms with Crippen LogP contribution in [-0.4, -0.2) is 11.4 Å². The number of phenolic OH excluding ortho intramolecular Hbond substituents is 1. The lowest BCUT2D eigenvalue weighted by atomic mass is 10.2. The fraction of sp³-hybridized carbons (Fsp3) is 0.100. The predicted octanol–water partition coefficient (Wildman–Crippen LogP) is 1.61. The molecule has 0 heterocycles. The zero-order chi connectivity index (χ0) is 10.6. The number of aromatic hydroxyl groups is 1. The van der Waals surface area contributed by atoms with E-state index in [-0.39, 0.29) is 12.0 Å². The maximum atomic E-state index is 13.0. The van der Waals surface area contributed by atoms with Crippen LogP contribution in [0.15, 0.2) is 12.1 Å². The van der Waals surface area contributed by atoms with E-state index < -0.39 is 17.4 Å². The van der Waals surface area contributed by atoms with Crippen molar-refractivity contribution in [1.82, 2.24) is 0 Å². The summed E-state index contributed by atoms with van der Waals surface area (Å²) in [6.07, 6.45) is 0.517. The summed E-state index contributed by atoms with van der Waals surface area (Å²) in [6, 6.07) is 2.15. The van der Waals surface area contributed by atoms with E-state index >= 15 is 0 Å². The van der Waals surface area contributed by atoms with Crippen molar-refractivity contribution in [3.05, 3.63) is 29.3 Å².